The first-order valence-electron chi connectivity index (χ1n) is 7.49. The van der Waals surface area contributed by atoms with Crippen LogP contribution in [0.15, 0.2) is 0 Å². The predicted octanol–water partition coefficient (Wildman–Crippen LogP) is 1.16. The predicted molar refractivity (Wildman–Crippen MR) is 69.3 cm³/mol. The molecule has 1 aliphatic carbocycles. The molecule has 2 heterocycles. The number of fused-ring (bicyclic) bond motifs is 1. The van der Waals surface area contributed by atoms with Crippen molar-refractivity contribution in [2.75, 3.05) is 26.2 Å². The van der Waals surface area contributed by atoms with Gasteiger partial charge in [-0.3, -0.25) is 4.79 Å². The number of piperidine rings is 1. The van der Waals surface area contributed by atoms with Gasteiger partial charge in [0, 0.05) is 25.7 Å². The van der Waals surface area contributed by atoms with Crippen molar-refractivity contribution in [1.29, 1.82) is 0 Å². The van der Waals surface area contributed by atoms with Crippen molar-refractivity contribution in [3.05, 3.63) is 0 Å². The number of carbonyl (C=O) groups excluding carboxylic acids is 1. The maximum absolute atomic E-state index is 12.6. The lowest BCUT2D eigenvalue weighted by Crippen LogP contribution is -2.56. The molecule has 2 saturated heterocycles. The highest BCUT2D eigenvalue weighted by Crippen LogP contribution is 2.35. The van der Waals surface area contributed by atoms with Gasteiger partial charge in [-0.25, -0.2) is 0 Å². The summed E-state index contributed by atoms with van der Waals surface area (Å²) in [6, 6.07) is 0.505. The van der Waals surface area contributed by atoms with Crippen molar-refractivity contribution in [3.63, 3.8) is 0 Å². The molecule has 4 nitrogen and oxygen atoms in total. The Morgan fingerprint density at radius 3 is 2.83 bits per heavy atom. The Hall–Kier alpha value is -0.610. The summed E-state index contributed by atoms with van der Waals surface area (Å²) in [5.41, 5.74) is 0. The van der Waals surface area contributed by atoms with Crippen LogP contribution >= 0.6 is 0 Å². The van der Waals surface area contributed by atoms with Crippen LogP contribution < -0.4 is 5.32 Å². The van der Waals surface area contributed by atoms with Gasteiger partial charge in [-0.2, -0.15) is 0 Å². The zero-order valence-electron chi connectivity index (χ0n) is 11.1. The highest BCUT2D eigenvalue weighted by Gasteiger charge is 2.38. The Morgan fingerprint density at radius 2 is 2.00 bits per heavy atom. The van der Waals surface area contributed by atoms with Crippen molar-refractivity contribution in [1.82, 2.24) is 10.2 Å². The summed E-state index contributed by atoms with van der Waals surface area (Å²) < 4.78 is 5.62. The van der Waals surface area contributed by atoms with E-state index < -0.39 is 0 Å². The van der Waals surface area contributed by atoms with Crippen LogP contribution in [0.5, 0.6) is 0 Å². The number of hydrogen-bond acceptors (Lipinski definition) is 3. The Bertz CT molecular complexity index is 300. The van der Waals surface area contributed by atoms with Gasteiger partial charge in [0.1, 0.15) is 6.10 Å². The molecule has 0 bridgehead atoms. The molecule has 0 aromatic heterocycles. The standard InChI is InChI=1S/C14H24N2O2/c17-14(13-10-15-7-9-18-13)16-8-3-5-11-4-1-2-6-12(11)16/h11-13,15H,1-10H2. The van der Waals surface area contributed by atoms with Crippen LogP contribution in [0.4, 0.5) is 0 Å². The number of ether oxygens (including phenoxy) is 1. The van der Waals surface area contributed by atoms with Crippen LogP contribution in [0, 0.1) is 5.92 Å². The second-order valence-corrected chi connectivity index (χ2v) is 5.85. The lowest BCUT2D eigenvalue weighted by molar-refractivity contribution is -0.151. The van der Waals surface area contributed by atoms with Gasteiger partial charge in [-0.1, -0.05) is 12.8 Å². The summed E-state index contributed by atoms with van der Waals surface area (Å²) in [5.74, 6) is 0.992. The van der Waals surface area contributed by atoms with E-state index in [4.69, 9.17) is 4.74 Å². The fourth-order valence-electron chi connectivity index (χ4n) is 3.81. The van der Waals surface area contributed by atoms with Crippen molar-refractivity contribution in [2.45, 2.75) is 50.7 Å². The summed E-state index contributed by atoms with van der Waals surface area (Å²) in [5, 5.41) is 3.25. The number of morpholine rings is 1. The molecule has 0 radical (unpaired) electrons. The minimum atomic E-state index is -0.237. The molecule has 2 aliphatic heterocycles. The minimum Gasteiger partial charge on any atom is -0.366 e. The third kappa shape index (κ3) is 2.41. The van der Waals surface area contributed by atoms with Crippen molar-refractivity contribution < 1.29 is 9.53 Å². The van der Waals surface area contributed by atoms with Gasteiger partial charge in [0.25, 0.3) is 5.91 Å². The van der Waals surface area contributed by atoms with E-state index in [-0.39, 0.29) is 12.0 Å². The van der Waals surface area contributed by atoms with E-state index >= 15 is 0 Å². The van der Waals surface area contributed by atoms with Crippen LogP contribution in [0.3, 0.4) is 0 Å². The number of amides is 1. The van der Waals surface area contributed by atoms with E-state index in [9.17, 15) is 4.79 Å². The molecule has 1 amide bonds. The zero-order valence-corrected chi connectivity index (χ0v) is 11.1. The molecule has 3 rings (SSSR count). The molecule has 3 atom stereocenters. The number of nitrogens with zero attached hydrogens (tertiary/aromatic N) is 1. The van der Waals surface area contributed by atoms with E-state index in [0.717, 1.165) is 19.0 Å². The Labute approximate surface area is 109 Å². The van der Waals surface area contributed by atoms with Gasteiger partial charge in [-0.15, -0.1) is 0 Å². The first-order valence-corrected chi connectivity index (χ1v) is 7.49. The molecule has 3 unspecified atom stereocenters. The Balaban J connectivity index is 1.67. The van der Waals surface area contributed by atoms with Gasteiger partial charge >= 0.3 is 0 Å². The number of rotatable bonds is 1. The van der Waals surface area contributed by atoms with Crippen molar-refractivity contribution >= 4 is 5.91 Å². The number of likely N-dealkylation sites (tertiary alicyclic amines) is 1. The lowest BCUT2D eigenvalue weighted by atomic mass is 9.78. The second kappa shape index (κ2) is 5.57. The molecule has 102 valence electrons. The summed E-state index contributed by atoms with van der Waals surface area (Å²) in [7, 11) is 0. The fraction of sp³-hybridized carbons (Fsp3) is 0.929. The van der Waals surface area contributed by atoms with Crippen LogP contribution in [-0.2, 0) is 9.53 Å². The van der Waals surface area contributed by atoms with Gasteiger partial charge in [0.15, 0.2) is 0 Å². The fourth-order valence-corrected chi connectivity index (χ4v) is 3.81. The topological polar surface area (TPSA) is 41.6 Å². The van der Waals surface area contributed by atoms with Gasteiger partial charge in [0.2, 0.25) is 0 Å². The highest BCUT2D eigenvalue weighted by molar-refractivity contribution is 5.81. The summed E-state index contributed by atoms with van der Waals surface area (Å²) in [6.07, 6.45) is 7.42. The van der Waals surface area contributed by atoms with Crippen molar-refractivity contribution in [3.8, 4) is 0 Å². The minimum absolute atomic E-state index is 0.235. The molecule has 1 saturated carbocycles. The number of hydrogen-bond donors (Lipinski definition) is 1. The monoisotopic (exact) mass is 252 g/mol. The van der Waals surface area contributed by atoms with Crippen LogP contribution in [-0.4, -0.2) is 49.2 Å². The van der Waals surface area contributed by atoms with E-state index in [0.29, 0.717) is 19.2 Å². The molecule has 3 fully saturated rings. The SMILES string of the molecule is O=C(C1CNCCO1)N1CCCC2CCCCC21. The molecule has 4 heteroatoms. The Morgan fingerprint density at radius 1 is 1.17 bits per heavy atom. The third-order valence-corrected chi connectivity index (χ3v) is 4.73. The van der Waals surface area contributed by atoms with E-state index in [2.05, 4.69) is 10.2 Å². The third-order valence-electron chi connectivity index (χ3n) is 4.73. The highest BCUT2D eigenvalue weighted by atomic mass is 16.5. The van der Waals surface area contributed by atoms with E-state index in [1.54, 1.807) is 0 Å². The largest absolute Gasteiger partial charge is 0.366 e. The van der Waals surface area contributed by atoms with Crippen molar-refractivity contribution in [2.24, 2.45) is 5.92 Å². The summed E-state index contributed by atoms with van der Waals surface area (Å²) in [4.78, 5) is 14.7. The molecule has 3 aliphatic rings. The molecule has 0 aromatic carbocycles. The molecular formula is C14H24N2O2. The second-order valence-electron chi connectivity index (χ2n) is 5.85. The van der Waals surface area contributed by atoms with Gasteiger partial charge in [-0.05, 0) is 31.6 Å². The lowest BCUT2D eigenvalue weighted by Gasteiger charge is -2.45. The smallest absolute Gasteiger partial charge is 0.253 e. The quantitative estimate of drug-likeness (QED) is 0.761. The number of nitrogens with one attached hydrogen (secondary N) is 1. The molecule has 0 aromatic rings. The average Bonchev–Trinajstić information content (AvgIpc) is 2.47. The normalized spacial score (nSPS) is 37.1. The zero-order chi connectivity index (χ0) is 12.4. The maximum Gasteiger partial charge on any atom is 0.253 e. The van der Waals surface area contributed by atoms with Gasteiger partial charge in [0.05, 0.1) is 6.61 Å². The van der Waals surface area contributed by atoms with Crippen LogP contribution in [0.1, 0.15) is 38.5 Å². The molecule has 18 heavy (non-hydrogen) atoms. The maximum atomic E-state index is 12.6. The molecule has 0 spiro atoms. The van der Waals surface area contributed by atoms with Gasteiger partial charge < -0.3 is 15.0 Å². The number of carbonyl (C=O) groups is 1. The van der Waals surface area contributed by atoms with E-state index in [1.807, 2.05) is 0 Å². The molecule has 1 N–H and O–H groups in total. The average molecular weight is 252 g/mol. The summed E-state index contributed by atoms with van der Waals surface area (Å²) >= 11 is 0. The van der Waals surface area contributed by atoms with Crippen LogP contribution in [0.2, 0.25) is 0 Å². The van der Waals surface area contributed by atoms with Crippen LogP contribution in [0.25, 0.3) is 0 Å². The first-order chi connectivity index (χ1) is 8.86. The molecular weight excluding hydrogens is 228 g/mol. The Kier molecular flexibility index (Phi) is 3.85. The van der Waals surface area contributed by atoms with E-state index in [1.165, 1.54) is 38.5 Å². The first kappa shape index (κ1) is 12.4. The summed E-state index contributed by atoms with van der Waals surface area (Å²) in [6.45, 7) is 3.17.